The third-order valence-corrected chi connectivity index (χ3v) is 2.40. The Morgan fingerprint density at radius 1 is 1.00 bits per heavy atom. The molecule has 100 valence electrons. The van der Waals surface area contributed by atoms with Crippen LogP contribution in [0, 0.1) is 29.1 Å². The Labute approximate surface area is 101 Å². The van der Waals surface area contributed by atoms with E-state index in [2.05, 4.69) is 11.9 Å². The highest BCUT2D eigenvalue weighted by molar-refractivity contribution is 5.29. The molecule has 18 heavy (non-hydrogen) atoms. The van der Waals surface area contributed by atoms with Gasteiger partial charge in [-0.15, -0.1) is 6.58 Å². The first-order valence-corrected chi connectivity index (χ1v) is 5.32. The van der Waals surface area contributed by atoms with Crippen molar-refractivity contribution < 1.29 is 22.0 Å². The molecule has 1 aromatic carbocycles. The molecule has 0 saturated carbocycles. The minimum absolute atomic E-state index is 0.357. The van der Waals surface area contributed by atoms with E-state index in [9.17, 15) is 22.0 Å². The van der Waals surface area contributed by atoms with Crippen molar-refractivity contribution in [2.75, 3.05) is 6.54 Å². The summed E-state index contributed by atoms with van der Waals surface area (Å²) >= 11 is 0. The molecule has 0 heterocycles. The predicted molar refractivity (Wildman–Crippen MR) is 57.5 cm³/mol. The minimum Gasteiger partial charge on any atom is -0.307 e. The standard InChI is InChI=1S/C12H12F5N/c1-3-5-18-6(4-2)7-8(13)10(15)12(17)11(16)9(7)14/h4,6,18H,2-3,5H2,1H3. The van der Waals surface area contributed by atoms with Crippen molar-refractivity contribution in [1.29, 1.82) is 0 Å². The normalized spacial score (nSPS) is 12.6. The smallest absolute Gasteiger partial charge is 0.200 e. The summed E-state index contributed by atoms with van der Waals surface area (Å²) in [6, 6.07) is -1.13. The van der Waals surface area contributed by atoms with Crippen molar-refractivity contribution in [2.24, 2.45) is 0 Å². The van der Waals surface area contributed by atoms with Crippen molar-refractivity contribution in [3.05, 3.63) is 47.3 Å². The second-order valence-electron chi connectivity index (χ2n) is 3.65. The third-order valence-electron chi connectivity index (χ3n) is 2.40. The van der Waals surface area contributed by atoms with Gasteiger partial charge in [0.05, 0.1) is 11.6 Å². The van der Waals surface area contributed by atoms with Crippen LogP contribution in [0.15, 0.2) is 12.7 Å². The summed E-state index contributed by atoms with van der Waals surface area (Å²) in [5, 5.41) is 2.64. The molecule has 0 aliphatic rings. The molecule has 1 nitrogen and oxygen atoms in total. The number of halogens is 5. The Morgan fingerprint density at radius 3 is 1.83 bits per heavy atom. The molecule has 0 spiro atoms. The van der Waals surface area contributed by atoms with Crippen LogP contribution in [0.3, 0.4) is 0 Å². The van der Waals surface area contributed by atoms with Gasteiger partial charge in [0.1, 0.15) is 0 Å². The molecular weight excluding hydrogens is 253 g/mol. The van der Waals surface area contributed by atoms with Crippen LogP contribution in [0.5, 0.6) is 0 Å². The fourth-order valence-corrected chi connectivity index (χ4v) is 1.50. The zero-order chi connectivity index (χ0) is 13.9. The summed E-state index contributed by atoms with van der Waals surface area (Å²) in [5.74, 6) is -9.73. The highest BCUT2D eigenvalue weighted by atomic mass is 19.2. The van der Waals surface area contributed by atoms with Crippen molar-refractivity contribution in [3.63, 3.8) is 0 Å². The van der Waals surface area contributed by atoms with Crippen LogP contribution in [0.2, 0.25) is 0 Å². The summed E-state index contributed by atoms with van der Waals surface area (Å²) in [6.45, 7) is 5.47. The van der Waals surface area contributed by atoms with Crippen LogP contribution in [0.25, 0.3) is 0 Å². The fraction of sp³-hybridized carbons (Fsp3) is 0.333. The van der Waals surface area contributed by atoms with Crippen LogP contribution < -0.4 is 5.32 Å². The van der Waals surface area contributed by atoms with Gasteiger partial charge in [-0.2, -0.15) is 0 Å². The van der Waals surface area contributed by atoms with Crippen molar-refractivity contribution in [2.45, 2.75) is 19.4 Å². The van der Waals surface area contributed by atoms with Gasteiger partial charge in [-0.3, -0.25) is 0 Å². The second-order valence-corrected chi connectivity index (χ2v) is 3.65. The molecule has 0 radical (unpaired) electrons. The zero-order valence-electron chi connectivity index (χ0n) is 9.67. The Bertz CT molecular complexity index is 429. The summed E-state index contributed by atoms with van der Waals surface area (Å²) in [6.07, 6.45) is 1.73. The maximum atomic E-state index is 13.5. The molecule has 1 unspecified atom stereocenters. The maximum Gasteiger partial charge on any atom is 0.200 e. The van der Waals surface area contributed by atoms with Gasteiger partial charge in [0, 0.05) is 0 Å². The monoisotopic (exact) mass is 265 g/mol. The van der Waals surface area contributed by atoms with Gasteiger partial charge < -0.3 is 5.32 Å². The molecule has 1 atom stereocenters. The molecule has 0 amide bonds. The maximum absolute atomic E-state index is 13.5. The van der Waals surface area contributed by atoms with Gasteiger partial charge in [0.2, 0.25) is 5.82 Å². The van der Waals surface area contributed by atoms with Crippen LogP contribution in [0.4, 0.5) is 22.0 Å². The van der Waals surface area contributed by atoms with Crippen molar-refractivity contribution in [1.82, 2.24) is 5.32 Å². The lowest BCUT2D eigenvalue weighted by atomic mass is 10.0. The predicted octanol–water partition coefficient (Wildman–Crippen LogP) is 3.61. The number of hydrogen-bond donors (Lipinski definition) is 1. The largest absolute Gasteiger partial charge is 0.307 e. The molecular formula is C12H12F5N. The molecule has 1 rings (SSSR count). The number of rotatable bonds is 5. The highest BCUT2D eigenvalue weighted by Crippen LogP contribution is 2.28. The average Bonchev–Trinajstić information content (AvgIpc) is 2.38. The summed E-state index contributed by atoms with van der Waals surface area (Å²) in [4.78, 5) is 0. The minimum atomic E-state index is -2.16. The molecule has 0 bridgehead atoms. The third kappa shape index (κ3) is 2.53. The highest BCUT2D eigenvalue weighted by Gasteiger charge is 2.28. The molecule has 1 aromatic rings. The number of benzene rings is 1. The lowest BCUT2D eigenvalue weighted by molar-refractivity contribution is 0.363. The number of nitrogens with one attached hydrogen (secondary N) is 1. The lowest BCUT2D eigenvalue weighted by Gasteiger charge is -2.17. The zero-order valence-corrected chi connectivity index (χ0v) is 9.67. The Kier molecular flexibility index (Phi) is 4.84. The quantitative estimate of drug-likeness (QED) is 0.371. The Morgan fingerprint density at radius 2 is 1.44 bits per heavy atom. The van der Waals surface area contributed by atoms with Gasteiger partial charge in [-0.05, 0) is 13.0 Å². The van der Waals surface area contributed by atoms with E-state index in [1.54, 1.807) is 6.92 Å². The molecule has 6 heteroatoms. The van der Waals surface area contributed by atoms with E-state index < -0.39 is 40.7 Å². The molecule has 0 fully saturated rings. The summed E-state index contributed by atoms with van der Waals surface area (Å²) < 4.78 is 65.8. The van der Waals surface area contributed by atoms with E-state index in [4.69, 9.17) is 0 Å². The van der Waals surface area contributed by atoms with Gasteiger partial charge in [-0.25, -0.2) is 22.0 Å². The Hall–Kier alpha value is -1.43. The molecule has 1 N–H and O–H groups in total. The summed E-state index contributed by atoms with van der Waals surface area (Å²) in [5.41, 5.74) is -0.908. The first-order chi connectivity index (χ1) is 8.45. The topological polar surface area (TPSA) is 12.0 Å². The van der Waals surface area contributed by atoms with E-state index in [-0.39, 0.29) is 0 Å². The van der Waals surface area contributed by atoms with Crippen LogP contribution in [0.1, 0.15) is 24.9 Å². The molecule has 0 saturated heterocycles. The Balaban J connectivity index is 3.34. The van der Waals surface area contributed by atoms with E-state index in [1.165, 1.54) is 0 Å². The van der Waals surface area contributed by atoms with E-state index in [0.29, 0.717) is 13.0 Å². The van der Waals surface area contributed by atoms with Gasteiger partial charge >= 0.3 is 0 Å². The van der Waals surface area contributed by atoms with Crippen LogP contribution >= 0.6 is 0 Å². The average molecular weight is 265 g/mol. The van der Waals surface area contributed by atoms with Gasteiger partial charge in [-0.1, -0.05) is 13.0 Å². The lowest BCUT2D eigenvalue weighted by Crippen LogP contribution is -2.24. The first-order valence-electron chi connectivity index (χ1n) is 5.32. The molecule has 0 aliphatic heterocycles. The van der Waals surface area contributed by atoms with Crippen LogP contribution in [-0.2, 0) is 0 Å². The van der Waals surface area contributed by atoms with Gasteiger partial charge in [0.15, 0.2) is 23.3 Å². The summed E-state index contributed by atoms with van der Waals surface area (Å²) in [7, 11) is 0. The first kappa shape index (κ1) is 14.6. The second kappa shape index (κ2) is 5.95. The van der Waals surface area contributed by atoms with Crippen LogP contribution in [-0.4, -0.2) is 6.54 Å². The van der Waals surface area contributed by atoms with E-state index in [0.717, 1.165) is 6.08 Å². The van der Waals surface area contributed by atoms with Crippen molar-refractivity contribution >= 4 is 0 Å². The van der Waals surface area contributed by atoms with E-state index in [1.807, 2.05) is 0 Å². The molecule has 0 aliphatic carbocycles. The number of hydrogen-bond acceptors (Lipinski definition) is 1. The molecule has 0 aromatic heterocycles. The van der Waals surface area contributed by atoms with E-state index >= 15 is 0 Å². The fourth-order valence-electron chi connectivity index (χ4n) is 1.50. The van der Waals surface area contributed by atoms with Crippen molar-refractivity contribution in [3.8, 4) is 0 Å². The SMILES string of the molecule is C=CC(NCCC)c1c(F)c(F)c(F)c(F)c1F. The van der Waals surface area contributed by atoms with Gasteiger partial charge in [0.25, 0.3) is 0 Å².